The molecule has 0 bridgehead atoms. The third-order valence-electron chi connectivity index (χ3n) is 4.37. The fraction of sp³-hybridized carbons (Fsp3) is 0.0833. The molecule has 0 aliphatic heterocycles. The van der Waals surface area contributed by atoms with Crippen molar-refractivity contribution in [3.63, 3.8) is 0 Å². The lowest BCUT2D eigenvalue weighted by Crippen LogP contribution is -2.12. The van der Waals surface area contributed by atoms with E-state index in [0.29, 0.717) is 17.5 Å². The fourth-order valence-corrected chi connectivity index (χ4v) is 2.90. The van der Waals surface area contributed by atoms with Crippen LogP contribution in [0.25, 0.3) is 6.08 Å². The summed E-state index contributed by atoms with van der Waals surface area (Å²) in [5, 5.41) is 8.98. The smallest absolute Gasteiger partial charge is 0.170 e. The Hall–Kier alpha value is -3.51. The summed E-state index contributed by atoms with van der Waals surface area (Å²) in [5.41, 5.74) is 2.91. The van der Waals surface area contributed by atoms with Crippen molar-refractivity contribution in [2.75, 3.05) is 0 Å². The first-order chi connectivity index (χ1) is 13.2. The quantitative estimate of drug-likeness (QED) is 0.527. The molecule has 27 heavy (non-hydrogen) atoms. The van der Waals surface area contributed by atoms with Gasteiger partial charge in [-0.25, -0.2) is 4.39 Å². The minimum absolute atomic E-state index is 0.0718. The number of hydrogen-bond donors (Lipinski definition) is 0. The Bertz CT molecular complexity index is 968. The Morgan fingerprint density at radius 2 is 1.63 bits per heavy atom. The van der Waals surface area contributed by atoms with Gasteiger partial charge < -0.3 is 0 Å². The third-order valence-corrected chi connectivity index (χ3v) is 4.37. The number of halogens is 1. The second-order valence-electron chi connectivity index (χ2n) is 6.21. The molecular weight excluding hydrogens is 337 g/mol. The number of Topliss-reactive ketones (excluding diaryl/α,β-unsaturated/α-hetero) is 1. The molecule has 0 heterocycles. The molecule has 0 aliphatic rings. The van der Waals surface area contributed by atoms with Gasteiger partial charge in [0, 0.05) is 5.56 Å². The molecule has 3 rings (SSSR count). The molecule has 3 aromatic rings. The van der Waals surface area contributed by atoms with E-state index in [1.807, 2.05) is 42.5 Å². The first-order valence-electron chi connectivity index (χ1n) is 8.69. The summed E-state index contributed by atoms with van der Waals surface area (Å²) < 4.78 is 13.2. The topological polar surface area (TPSA) is 40.9 Å². The zero-order valence-electron chi connectivity index (χ0n) is 14.7. The van der Waals surface area contributed by atoms with Gasteiger partial charge in [0.05, 0.1) is 17.6 Å². The molecule has 1 unspecified atom stereocenters. The number of carbonyl (C=O) groups is 1. The van der Waals surface area contributed by atoms with Crippen LogP contribution in [0.15, 0.2) is 84.9 Å². The molecule has 0 N–H and O–H groups in total. The van der Waals surface area contributed by atoms with Crippen LogP contribution in [0.3, 0.4) is 0 Å². The average Bonchev–Trinajstić information content (AvgIpc) is 2.72. The average molecular weight is 355 g/mol. The van der Waals surface area contributed by atoms with Crippen LogP contribution in [0.5, 0.6) is 0 Å². The van der Waals surface area contributed by atoms with Crippen molar-refractivity contribution < 1.29 is 9.18 Å². The molecule has 3 heteroatoms. The molecule has 2 nitrogen and oxygen atoms in total. The highest BCUT2D eigenvalue weighted by Crippen LogP contribution is 2.26. The Kier molecular flexibility index (Phi) is 5.91. The number of carbonyl (C=O) groups excluding carboxylic acids is 1. The molecule has 0 saturated heterocycles. The van der Waals surface area contributed by atoms with E-state index in [1.54, 1.807) is 24.3 Å². The molecule has 0 radical (unpaired) electrons. The molecule has 0 amide bonds. The van der Waals surface area contributed by atoms with Crippen LogP contribution in [-0.4, -0.2) is 5.78 Å². The van der Waals surface area contributed by atoms with E-state index >= 15 is 0 Å². The van der Waals surface area contributed by atoms with Gasteiger partial charge in [0.1, 0.15) is 5.82 Å². The molecule has 1 atom stereocenters. The number of benzene rings is 3. The molecule has 0 aromatic heterocycles. The summed E-state index contributed by atoms with van der Waals surface area (Å²) in [7, 11) is 0. The van der Waals surface area contributed by atoms with E-state index in [0.717, 1.165) is 11.1 Å². The molecule has 0 saturated carbocycles. The highest BCUT2D eigenvalue weighted by Gasteiger charge is 2.21. The SMILES string of the molecule is N#Cc1ccc(C(CC=Cc2ccccc2)C(=O)c2ccc(F)cc2)cc1. The van der Waals surface area contributed by atoms with E-state index in [-0.39, 0.29) is 11.6 Å². The second-order valence-corrected chi connectivity index (χ2v) is 6.21. The Labute approximate surface area is 158 Å². The predicted octanol–water partition coefficient (Wildman–Crippen LogP) is 5.77. The van der Waals surface area contributed by atoms with Crippen LogP contribution in [0.4, 0.5) is 4.39 Å². The van der Waals surface area contributed by atoms with Crippen molar-refractivity contribution in [2.24, 2.45) is 0 Å². The molecule has 3 aromatic carbocycles. The lowest BCUT2D eigenvalue weighted by atomic mass is 9.87. The van der Waals surface area contributed by atoms with Crippen LogP contribution in [0, 0.1) is 17.1 Å². The number of hydrogen-bond acceptors (Lipinski definition) is 2. The van der Waals surface area contributed by atoms with Crippen molar-refractivity contribution in [3.8, 4) is 6.07 Å². The van der Waals surface area contributed by atoms with Crippen LogP contribution in [-0.2, 0) is 0 Å². The zero-order chi connectivity index (χ0) is 19.1. The molecule has 0 spiro atoms. The van der Waals surface area contributed by atoms with Crippen LogP contribution >= 0.6 is 0 Å². The number of nitrogens with zero attached hydrogens (tertiary/aromatic N) is 1. The van der Waals surface area contributed by atoms with Crippen LogP contribution < -0.4 is 0 Å². The van der Waals surface area contributed by atoms with Gasteiger partial charge in [-0.05, 0) is 53.9 Å². The lowest BCUT2D eigenvalue weighted by molar-refractivity contribution is 0.0960. The van der Waals surface area contributed by atoms with Gasteiger partial charge in [-0.3, -0.25) is 4.79 Å². The van der Waals surface area contributed by atoms with Crippen molar-refractivity contribution >= 4 is 11.9 Å². The van der Waals surface area contributed by atoms with E-state index in [1.165, 1.54) is 24.3 Å². The Morgan fingerprint density at radius 3 is 2.26 bits per heavy atom. The second kappa shape index (κ2) is 8.73. The minimum Gasteiger partial charge on any atom is -0.293 e. The number of rotatable bonds is 6. The summed E-state index contributed by atoms with van der Waals surface area (Å²) in [6.07, 6.45) is 4.46. The monoisotopic (exact) mass is 355 g/mol. The van der Waals surface area contributed by atoms with E-state index in [2.05, 4.69) is 6.07 Å². The summed E-state index contributed by atoms with van der Waals surface area (Å²) in [4.78, 5) is 13.0. The summed E-state index contributed by atoms with van der Waals surface area (Å²) in [6, 6.07) is 24.6. The van der Waals surface area contributed by atoms with Gasteiger partial charge in [0.25, 0.3) is 0 Å². The van der Waals surface area contributed by atoms with Gasteiger partial charge in [0.15, 0.2) is 5.78 Å². The first kappa shape index (κ1) is 18.3. The highest BCUT2D eigenvalue weighted by atomic mass is 19.1. The standard InChI is InChI=1S/C24H18FNO/c25-22-15-13-21(14-16-22)24(27)23(20-11-9-19(17-26)10-12-20)8-4-7-18-5-2-1-3-6-18/h1-7,9-16,23H,8H2. The van der Waals surface area contributed by atoms with Crippen molar-refractivity contribution in [2.45, 2.75) is 12.3 Å². The maximum Gasteiger partial charge on any atom is 0.170 e. The van der Waals surface area contributed by atoms with Crippen LogP contribution in [0.2, 0.25) is 0 Å². The van der Waals surface area contributed by atoms with Gasteiger partial charge in [-0.2, -0.15) is 5.26 Å². The normalized spacial score (nSPS) is 11.9. The molecule has 0 aliphatic carbocycles. The van der Waals surface area contributed by atoms with Gasteiger partial charge in [-0.15, -0.1) is 0 Å². The largest absolute Gasteiger partial charge is 0.293 e. The highest BCUT2D eigenvalue weighted by molar-refractivity contribution is 6.01. The van der Waals surface area contributed by atoms with Gasteiger partial charge in [0.2, 0.25) is 0 Å². The fourth-order valence-electron chi connectivity index (χ4n) is 2.90. The van der Waals surface area contributed by atoms with Crippen molar-refractivity contribution in [1.82, 2.24) is 0 Å². The summed E-state index contributed by atoms with van der Waals surface area (Å²) in [5.74, 6) is -0.842. The number of ketones is 1. The van der Waals surface area contributed by atoms with Crippen molar-refractivity contribution in [1.29, 1.82) is 5.26 Å². The van der Waals surface area contributed by atoms with E-state index < -0.39 is 5.92 Å². The Morgan fingerprint density at radius 1 is 0.963 bits per heavy atom. The van der Waals surface area contributed by atoms with Crippen molar-refractivity contribution in [3.05, 3.63) is 113 Å². The van der Waals surface area contributed by atoms with Gasteiger partial charge in [-0.1, -0.05) is 54.6 Å². The van der Waals surface area contributed by atoms with Gasteiger partial charge >= 0.3 is 0 Å². The van der Waals surface area contributed by atoms with Crippen LogP contribution in [0.1, 0.15) is 39.4 Å². The van der Waals surface area contributed by atoms with E-state index in [9.17, 15) is 9.18 Å². The number of nitriles is 1. The molecular formula is C24H18FNO. The molecule has 132 valence electrons. The minimum atomic E-state index is -0.400. The zero-order valence-corrected chi connectivity index (χ0v) is 14.7. The maximum atomic E-state index is 13.2. The maximum absolute atomic E-state index is 13.2. The summed E-state index contributed by atoms with van der Waals surface area (Å²) >= 11 is 0. The predicted molar refractivity (Wildman–Crippen MR) is 105 cm³/mol. The first-order valence-corrected chi connectivity index (χ1v) is 8.69. The summed E-state index contributed by atoms with van der Waals surface area (Å²) in [6.45, 7) is 0. The lowest BCUT2D eigenvalue weighted by Gasteiger charge is -2.15. The third kappa shape index (κ3) is 4.77. The van der Waals surface area contributed by atoms with E-state index in [4.69, 9.17) is 5.26 Å². The molecule has 0 fully saturated rings. The number of allylic oxidation sites excluding steroid dienone is 1. The Balaban J connectivity index is 1.87.